The number of aromatic nitrogens is 1. The van der Waals surface area contributed by atoms with Crippen LogP contribution in [0.1, 0.15) is 17.3 Å². The molecule has 0 saturated heterocycles. The van der Waals surface area contributed by atoms with Gasteiger partial charge in [-0.15, -0.1) is 12.6 Å². The van der Waals surface area contributed by atoms with Crippen LogP contribution in [0.2, 0.25) is 10.3 Å². The molecule has 0 amide bonds. The number of esters is 1. The van der Waals surface area contributed by atoms with E-state index in [1.807, 2.05) is 0 Å². The Kier molecular flexibility index (Phi) is 4.04. The van der Waals surface area contributed by atoms with Crippen molar-refractivity contribution in [2.75, 3.05) is 0 Å². The summed E-state index contributed by atoms with van der Waals surface area (Å²) in [5, 5.41) is 0.299. The van der Waals surface area contributed by atoms with Crippen LogP contribution >= 0.6 is 35.8 Å². The van der Waals surface area contributed by atoms with Crippen molar-refractivity contribution in [3.63, 3.8) is 0 Å². The third-order valence-corrected chi connectivity index (χ3v) is 1.77. The van der Waals surface area contributed by atoms with Gasteiger partial charge in [-0.05, 0) is 19.1 Å². The number of hydrogen-bond acceptors (Lipinski definition) is 4. The summed E-state index contributed by atoms with van der Waals surface area (Å²) >= 11 is 15.1. The molecule has 0 N–H and O–H groups in total. The lowest BCUT2D eigenvalue weighted by Crippen LogP contribution is -2.10. The van der Waals surface area contributed by atoms with Crippen LogP contribution < -0.4 is 0 Å². The summed E-state index contributed by atoms with van der Waals surface area (Å²) in [4.78, 5) is 15.0. The minimum Gasteiger partial charge on any atom is -0.448 e. The van der Waals surface area contributed by atoms with Crippen LogP contribution in [0.4, 0.5) is 0 Å². The van der Waals surface area contributed by atoms with Gasteiger partial charge in [0.1, 0.15) is 15.7 Å². The lowest BCUT2D eigenvalue weighted by atomic mass is 10.3. The van der Waals surface area contributed by atoms with Gasteiger partial charge < -0.3 is 4.74 Å². The maximum Gasteiger partial charge on any atom is 0.339 e. The maximum absolute atomic E-state index is 11.3. The molecule has 0 aromatic carbocycles. The molecule has 0 aliphatic rings. The van der Waals surface area contributed by atoms with Gasteiger partial charge in [0.2, 0.25) is 0 Å². The number of halogens is 2. The number of thiol groups is 1. The van der Waals surface area contributed by atoms with E-state index >= 15 is 0 Å². The van der Waals surface area contributed by atoms with Gasteiger partial charge >= 0.3 is 5.97 Å². The molecule has 0 radical (unpaired) electrons. The first-order valence-corrected chi connectivity index (χ1v) is 4.98. The van der Waals surface area contributed by atoms with Gasteiger partial charge in [0, 0.05) is 0 Å². The van der Waals surface area contributed by atoms with Crippen LogP contribution in [-0.2, 0) is 4.74 Å². The van der Waals surface area contributed by atoms with Crippen LogP contribution in [0, 0.1) is 0 Å². The van der Waals surface area contributed by atoms with Crippen molar-refractivity contribution in [3.8, 4) is 0 Å². The fraction of sp³-hybridized carbons (Fsp3) is 0.250. The van der Waals surface area contributed by atoms with Gasteiger partial charge in [0.05, 0.1) is 5.56 Å². The number of hydrogen-bond donors (Lipinski definition) is 1. The number of pyridine rings is 1. The van der Waals surface area contributed by atoms with E-state index in [9.17, 15) is 4.79 Å². The Bertz CT molecular complexity index is 337. The topological polar surface area (TPSA) is 39.2 Å². The summed E-state index contributed by atoms with van der Waals surface area (Å²) in [7, 11) is 0. The summed E-state index contributed by atoms with van der Waals surface area (Å²) in [6.45, 7) is 1.63. The molecule has 14 heavy (non-hydrogen) atoms. The van der Waals surface area contributed by atoms with Gasteiger partial charge in [-0.25, -0.2) is 9.78 Å². The zero-order valence-electron chi connectivity index (χ0n) is 7.20. The average Bonchev–Trinajstić information content (AvgIpc) is 2.00. The quantitative estimate of drug-likeness (QED) is 0.380. The molecule has 1 rings (SSSR count). The largest absolute Gasteiger partial charge is 0.448 e. The molecule has 0 aliphatic heterocycles. The number of rotatable bonds is 2. The van der Waals surface area contributed by atoms with E-state index in [2.05, 4.69) is 17.6 Å². The predicted molar refractivity (Wildman–Crippen MR) is 58.1 cm³/mol. The summed E-state index contributed by atoms with van der Waals surface area (Å²) in [6, 6.07) is 2.76. The summed E-state index contributed by atoms with van der Waals surface area (Å²) in [5.74, 6) is -0.529. The van der Waals surface area contributed by atoms with E-state index in [0.717, 1.165) is 0 Å². The molecule has 1 aromatic heterocycles. The highest BCUT2D eigenvalue weighted by Gasteiger charge is 2.11. The van der Waals surface area contributed by atoms with Crippen molar-refractivity contribution in [1.29, 1.82) is 0 Å². The molecular formula is C8H7Cl2NO2S. The Morgan fingerprint density at radius 1 is 1.50 bits per heavy atom. The molecule has 0 saturated carbocycles. The molecule has 76 valence electrons. The van der Waals surface area contributed by atoms with E-state index in [0.29, 0.717) is 0 Å². The number of ether oxygens (including phenoxy) is 1. The fourth-order valence-corrected chi connectivity index (χ4v) is 1.36. The molecule has 3 nitrogen and oxygen atoms in total. The highest BCUT2D eigenvalue weighted by molar-refractivity contribution is 7.80. The van der Waals surface area contributed by atoms with Crippen molar-refractivity contribution in [2.45, 2.75) is 12.4 Å². The zero-order chi connectivity index (χ0) is 10.7. The standard InChI is InChI=1S/C8H7Cl2NO2S/c1-4(14)13-8(12)5-2-6(9)11-7(10)3-5/h2-4,14H,1H3. The summed E-state index contributed by atoms with van der Waals surface area (Å²) in [6.07, 6.45) is 0. The molecule has 0 bridgehead atoms. The first kappa shape index (κ1) is 11.6. The van der Waals surface area contributed by atoms with Crippen LogP contribution in [0.25, 0.3) is 0 Å². The third kappa shape index (κ3) is 3.36. The van der Waals surface area contributed by atoms with Crippen LogP contribution in [0.5, 0.6) is 0 Å². The highest BCUT2D eigenvalue weighted by Crippen LogP contribution is 2.16. The second-order valence-electron chi connectivity index (χ2n) is 2.51. The molecule has 6 heteroatoms. The molecule has 1 unspecified atom stereocenters. The van der Waals surface area contributed by atoms with Gasteiger partial charge in [-0.3, -0.25) is 0 Å². The van der Waals surface area contributed by atoms with Crippen LogP contribution in [0.3, 0.4) is 0 Å². The van der Waals surface area contributed by atoms with Crippen molar-refractivity contribution in [1.82, 2.24) is 4.98 Å². The van der Waals surface area contributed by atoms with E-state index in [1.54, 1.807) is 6.92 Å². The van der Waals surface area contributed by atoms with E-state index in [4.69, 9.17) is 27.9 Å². The smallest absolute Gasteiger partial charge is 0.339 e. The lowest BCUT2D eigenvalue weighted by Gasteiger charge is -2.07. The molecule has 1 atom stereocenters. The number of nitrogens with zero attached hydrogens (tertiary/aromatic N) is 1. The van der Waals surface area contributed by atoms with Crippen LogP contribution in [-0.4, -0.2) is 16.4 Å². The second-order valence-corrected chi connectivity index (χ2v) is 4.01. The molecule has 0 fully saturated rings. The Labute approximate surface area is 96.8 Å². The molecule has 0 spiro atoms. The van der Waals surface area contributed by atoms with E-state index in [-0.39, 0.29) is 15.9 Å². The van der Waals surface area contributed by atoms with Crippen molar-refractivity contribution in [2.24, 2.45) is 0 Å². The number of carbonyl (C=O) groups excluding carboxylic acids is 1. The Morgan fingerprint density at radius 2 is 2.00 bits per heavy atom. The predicted octanol–water partition coefficient (Wildman–Crippen LogP) is 2.82. The van der Waals surface area contributed by atoms with Gasteiger partial charge in [0.15, 0.2) is 0 Å². The van der Waals surface area contributed by atoms with E-state index in [1.165, 1.54) is 12.1 Å². The zero-order valence-corrected chi connectivity index (χ0v) is 9.61. The van der Waals surface area contributed by atoms with Gasteiger partial charge in [-0.2, -0.15) is 0 Å². The average molecular weight is 252 g/mol. The SMILES string of the molecule is CC(S)OC(=O)c1cc(Cl)nc(Cl)c1. The molecular weight excluding hydrogens is 245 g/mol. The maximum atomic E-state index is 11.3. The lowest BCUT2D eigenvalue weighted by molar-refractivity contribution is 0.0484. The Hall–Kier alpha value is -0.450. The minimum atomic E-state index is -0.529. The monoisotopic (exact) mass is 251 g/mol. The molecule has 1 aromatic rings. The third-order valence-electron chi connectivity index (χ3n) is 1.28. The summed E-state index contributed by atoms with van der Waals surface area (Å²) < 4.78 is 4.83. The van der Waals surface area contributed by atoms with E-state index < -0.39 is 11.4 Å². The van der Waals surface area contributed by atoms with Crippen molar-refractivity contribution < 1.29 is 9.53 Å². The normalized spacial score (nSPS) is 12.3. The molecule has 1 heterocycles. The van der Waals surface area contributed by atoms with Gasteiger partial charge in [0.25, 0.3) is 0 Å². The van der Waals surface area contributed by atoms with Crippen molar-refractivity contribution >= 4 is 41.8 Å². The number of carbonyl (C=O) groups is 1. The minimum absolute atomic E-state index is 0.149. The first-order valence-electron chi connectivity index (χ1n) is 3.71. The second kappa shape index (κ2) is 4.87. The van der Waals surface area contributed by atoms with Gasteiger partial charge in [-0.1, -0.05) is 23.2 Å². The van der Waals surface area contributed by atoms with Crippen molar-refractivity contribution in [3.05, 3.63) is 28.0 Å². The fourth-order valence-electron chi connectivity index (χ4n) is 0.806. The Balaban J connectivity index is 2.90. The highest BCUT2D eigenvalue weighted by atomic mass is 35.5. The summed E-state index contributed by atoms with van der Waals surface area (Å²) in [5.41, 5.74) is -0.218. The Morgan fingerprint density at radius 3 is 2.43 bits per heavy atom. The van der Waals surface area contributed by atoms with Crippen LogP contribution in [0.15, 0.2) is 12.1 Å². The molecule has 0 aliphatic carbocycles. The first-order chi connectivity index (χ1) is 6.49.